The molecular formula is C57H93N7O11. The first-order chi connectivity index (χ1) is 35.9. The Morgan fingerprint density at radius 2 is 1.39 bits per heavy atom. The Morgan fingerprint density at radius 1 is 0.760 bits per heavy atom. The van der Waals surface area contributed by atoms with Crippen molar-refractivity contribution in [2.24, 2.45) is 41.4 Å². The summed E-state index contributed by atoms with van der Waals surface area (Å²) < 4.78 is 28.9. The molecular weight excluding hydrogens is 959 g/mol. The summed E-state index contributed by atoms with van der Waals surface area (Å²) in [7, 11) is 8.51. The summed E-state index contributed by atoms with van der Waals surface area (Å²) in [5.74, 6) is 5.66. The highest BCUT2D eigenvalue weighted by molar-refractivity contribution is 5.91. The molecule has 1 saturated carbocycles. The van der Waals surface area contributed by atoms with Crippen LogP contribution >= 0.6 is 0 Å². The van der Waals surface area contributed by atoms with Crippen molar-refractivity contribution in [2.75, 3.05) is 88.0 Å². The second kappa shape index (κ2) is 32.1. The molecule has 4 N–H and O–H groups in total. The third-order valence-corrected chi connectivity index (χ3v) is 15.5. The molecule has 0 radical (unpaired) electrons. The van der Waals surface area contributed by atoms with E-state index in [9.17, 15) is 28.8 Å². The number of likely N-dealkylation sites (N-methyl/N-ethyl adjacent to an activating group) is 2. The summed E-state index contributed by atoms with van der Waals surface area (Å²) >= 11 is 0. The lowest BCUT2D eigenvalue weighted by Gasteiger charge is -2.41. The second-order valence-corrected chi connectivity index (χ2v) is 21.7. The van der Waals surface area contributed by atoms with Crippen molar-refractivity contribution in [2.45, 2.75) is 149 Å². The number of ether oxygens (including phenoxy) is 5. The van der Waals surface area contributed by atoms with E-state index >= 15 is 0 Å². The summed E-state index contributed by atoms with van der Waals surface area (Å²) in [6, 6.07) is 6.39. The normalized spacial score (nSPS) is 21.4. The third kappa shape index (κ3) is 19.0. The highest BCUT2D eigenvalue weighted by atomic mass is 16.6. The molecule has 11 atom stereocenters. The molecule has 1 aromatic rings. The lowest BCUT2D eigenvalue weighted by Crippen LogP contribution is -2.59. The predicted octanol–water partition coefficient (Wildman–Crippen LogP) is 4.68. The highest BCUT2D eigenvalue weighted by Crippen LogP contribution is 2.52. The van der Waals surface area contributed by atoms with Crippen LogP contribution in [0.25, 0.3) is 0 Å². The molecule has 0 aromatic heterocycles. The first-order valence-corrected chi connectivity index (χ1v) is 27.6. The third-order valence-electron chi connectivity index (χ3n) is 15.5. The maximum absolute atomic E-state index is 14.5. The Balaban J connectivity index is 1.29. The Hall–Kier alpha value is -4.80. The van der Waals surface area contributed by atoms with Gasteiger partial charge in [0.25, 0.3) is 0 Å². The fourth-order valence-corrected chi connectivity index (χ4v) is 11.2. The van der Waals surface area contributed by atoms with Crippen LogP contribution in [-0.4, -0.2) is 181 Å². The summed E-state index contributed by atoms with van der Waals surface area (Å²) in [5.41, 5.74) is 0.865. The Kier molecular flexibility index (Phi) is 26.8. The molecule has 2 fully saturated rings. The van der Waals surface area contributed by atoms with Crippen molar-refractivity contribution in [1.29, 1.82) is 0 Å². The van der Waals surface area contributed by atoms with Crippen molar-refractivity contribution >= 4 is 35.6 Å². The molecule has 6 amide bonds. The van der Waals surface area contributed by atoms with Crippen LogP contribution in [0, 0.1) is 53.3 Å². The van der Waals surface area contributed by atoms with Crippen molar-refractivity contribution in [3.63, 3.8) is 0 Å². The fraction of sp³-hybridized carbons (Fsp3) is 0.754. The zero-order valence-electron chi connectivity index (χ0n) is 47.3. The molecule has 0 bridgehead atoms. The zero-order valence-corrected chi connectivity index (χ0v) is 47.3. The summed E-state index contributed by atoms with van der Waals surface area (Å²) in [6.07, 6.45) is 4.45. The summed E-state index contributed by atoms with van der Waals surface area (Å²) in [4.78, 5) is 87.8. The van der Waals surface area contributed by atoms with Gasteiger partial charge in [0.05, 0.1) is 75.7 Å². The molecule has 1 aliphatic heterocycles. The van der Waals surface area contributed by atoms with Gasteiger partial charge in [-0.15, -0.1) is 11.8 Å². The van der Waals surface area contributed by atoms with Crippen molar-refractivity contribution < 1.29 is 52.5 Å². The molecule has 4 unspecified atom stereocenters. The minimum atomic E-state index is -0.909. The van der Waals surface area contributed by atoms with Crippen molar-refractivity contribution in [3.8, 4) is 11.8 Å². The SMILES string of the molecule is CCC(C)[C@@H](C(CC(=O)N1CCC[C@H]1[C@H](OC)[C@@H](C)C(=O)N[C@@H](Cc1ccccc1)C(=O)NCCOCCOCCNC(=O)OCC1C2CCC#CCCC21)OC)N(C)C(=O)[C@@H](NC(=O)[C@H](C(C)C)N(C)C)C(C)C. The van der Waals surface area contributed by atoms with Crippen LogP contribution < -0.4 is 21.3 Å². The quantitative estimate of drug-likeness (QED) is 0.0574. The van der Waals surface area contributed by atoms with E-state index in [-0.39, 0.29) is 79.9 Å². The predicted molar refractivity (Wildman–Crippen MR) is 288 cm³/mol. The van der Waals surface area contributed by atoms with Gasteiger partial charge in [0.1, 0.15) is 12.1 Å². The number of alkyl carbamates (subject to hydrolysis) is 1. The smallest absolute Gasteiger partial charge is 0.407 e. The number of methoxy groups -OCH3 is 2. The first kappa shape index (κ1) is 62.7. The van der Waals surface area contributed by atoms with Gasteiger partial charge in [0, 0.05) is 60.2 Å². The number of fused-ring (bicyclic) bond motifs is 1. The van der Waals surface area contributed by atoms with E-state index < -0.39 is 54.4 Å². The van der Waals surface area contributed by atoms with Crippen LogP contribution in [0.4, 0.5) is 4.79 Å². The maximum atomic E-state index is 14.5. The molecule has 18 nitrogen and oxygen atoms in total. The number of carbonyl (C=O) groups is 6. The summed E-state index contributed by atoms with van der Waals surface area (Å²) in [6.45, 7) is 16.1. The van der Waals surface area contributed by atoms with Gasteiger partial charge in [-0.25, -0.2) is 4.79 Å². The maximum Gasteiger partial charge on any atom is 0.407 e. The molecule has 4 rings (SSSR count). The zero-order chi connectivity index (χ0) is 55.2. The lowest BCUT2D eigenvalue weighted by atomic mass is 9.89. The van der Waals surface area contributed by atoms with Crippen LogP contribution in [-0.2, 0) is 54.1 Å². The number of nitrogens with zero attached hydrogens (tertiary/aromatic N) is 3. The minimum Gasteiger partial charge on any atom is -0.449 e. The number of amides is 6. The molecule has 422 valence electrons. The standard InChI is InChI=1S/C57H93N7O11/c1-13-39(6)51(63(10)56(69)49(37(2)3)61-55(68)50(38(4)5)62(8)9)47(71-11)35-48(65)64-29-21-26-46(64)52(72-12)40(7)53(66)60-45(34-41-22-17-16-18-23-41)54(67)58-27-30-73-32-33-74-31-28-59-57(70)75-36-44-42-24-19-14-15-20-25-43(42)44/h16-18,22-23,37-40,42-47,49-52H,13,19-21,24-36H2,1-12H3,(H,58,67)(H,59,70)(H,60,66)(H,61,68)/t39?,40-,42?,43?,44?,45+,46+,47?,49+,50+,51+,52-/m1/s1. The van der Waals surface area contributed by atoms with E-state index in [0.29, 0.717) is 69.9 Å². The molecule has 1 saturated heterocycles. The topological polar surface area (TPSA) is 206 Å². The monoisotopic (exact) mass is 1050 g/mol. The average Bonchev–Trinajstić information content (AvgIpc) is 3.75. The number of rotatable bonds is 32. The van der Waals surface area contributed by atoms with Gasteiger partial charge in [0.2, 0.25) is 29.5 Å². The van der Waals surface area contributed by atoms with Crippen LogP contribution in [0.5, 0.6) is 0 Å². The van der Waals surface area contributed by atoms with Gasteiger partial charge in [-0.05, 0) is 80.8 Å². The number of likely N-dealkylation sites (tertiary alicyclic amines) is 1. The molecule has 1 heterocycles. The van der Waals surface area contributed by atoms with Crippen LogP contribution in [0.2, 0.25) is 0 Å². The summed E-state index contributed by atoms with van der Waals surface area (Å²) in [5, 5.41) is 11.7. The highest BCUT2D eigenvalue weighted by Gasteiger charge is 2.49. The number of carbonyl (C=O) groups excluding carboxylic acids is 6. The van der Waals surface area contributed by atoms with Crippen LogP contribution in [0.15, 0.2) is 30.3 Å². The molecule has 18 heteroatoms. The Bertz CT molecular complexity index is 1990. The molecule has 3 aliphatic rings. The van der Waals surface area contributed by atoms with Gasteiger partial charge in [0.15, 0.2) is 0 Å². The molecule has 2 aliphatic carbocycles. The number of benzene rings is 1. The number of hydrogen-bond acceptors (Lipinski definition) is 12. The van der Waals surface area contributed by atoms with E-state index in [1.807, 2.05) is 90.9 Å². The molecule has 75 heavy (non-hydrogen) atoms. The minimum absolute atomic E-state index is 0.0187. The first-order valence-electron chi connectivity index (χ1n) is 27.6. The van der Waals surface area contributed by atoms with Gasteiger partial charge in [-0.1, -0.05) is 85.2 Å². The van der Waals surface area contributed by atoms with E-state index in [0.717, 1.165) is 31.2 Å². The van der Waals surface area contributed by atoms with E-state index in [1.165, 1.54) is 7.11 Å². The molecule has 0 spiro atoms. The lowest BCUT2D eigenvalue weighted by molar-refractivity contribution is -0.148. The van der Waals surface area contributed by atoms with Gasteiger partial charge in [-0.3, -0.25) is 28.9 Å². The Labute approximate surface area is 448 Å². The van der Waals surface area contributed by atoms with Crippen molar-refractivity contribution in [1.82, 2.24) is 36.0 Å². The average molecular weight is 1050 g/mol. The molecule has 1 aromatic carbocycles. The van der Waals surface area contributed by atoms with Gasteiger partial charge < -0.3 is 54.8 Å². The largest absolute Gasteiger partial charge is 0.449 e. The number of nitrogens with one attached hydrogen (secondary N) is 4. The second-order valence-electron chi connectivity index (χ2n) is 21.7. The fourth-order valence-electron chi connectivity index (χ4n) is 11.2. The van der Waals surface area contributed by atoms with E-state index in [1.54, 1.807) is 30.9 Å². The van der Waals surface area contributed by atoms with E-state index in [4.69, 9.17) is 23.7 Å². The van der Waals surface area contributed by atoms with Crippen molar-refractivity contribution in [3.05, 3.63) is 35.9 Å². The van der Waals surface area contributed by atoms with Gasteiger partial charge >= 0.3 is 6.09 Å². The van der Waals surface area contributed by atoms with Gasteiger partial charge in [-0.2, -0.15) is 0 Å². The van der Waals surface area contributed by atoms with Crippen LogP contribution in [0.1, 0.15) is 105 Å². The van der Waals surface area contributed by atoms with E-state index in [2.05, 4.69) is 33.1 Å². The van der Waals surface area contributed by atoms with Crippen LogP contribution in [0.3, 0.4) is 0 Å². The Morgan fingerprint density at radius 3 is 1.95 bits per heavy atom. The number of hydrogen-bond donors (Lipinski definition) is 4.